The van der Waals surface area contributed by atoms with Gasteiger partial charge in [0.2, 0.25) is 0 Å². The number of nitrogens with zero attached hydrogens (tertiary/aromatic N) is 2. The Morgan fingerprint density at radius 1 is 1.29 bits per heavy atom. The van der Waals surface area contributed by atoms with E-state index in [1.54, 1.807) is 4.90 Å². The minimum Gasteiger partial charge on any atom is -0.297 e. The maximum absolute atomic E-state index is 12.8. The number of nitriles is 1. The predicted molar refractivity (Wildman–Crippen MR) is 74.7 cm³/mol. The molecule has 2 aliphatic carbocycles. The molecule has 2 atom stereocenters. The van der Waals surface area contributed by atoms with Gasteiger partial charge in [-0.25, -0.2) is 0 Å². The second-order valence-corrected chi connectivity index (χ2v) is 6.76. The van der Waals surface area contributed by atoms with E-state index in [-0.39, 0.29) is 18.1 Å². The summed E-state index contributed by atoms with van der Waals surface area (Å²) in [6, 6.07) is 2.41. The van der Waals surface area contributed by atoms with E-state index in [4.69, 9.17) is 0 Å². The first-order valence-electron chi connectivity index (χ1n) is 7.76. The third-order valence-corrected chi connectivity index (χ3v) is 4.35. The van der Waals surface area contributed by atoms with Gasteiger partial charge in [-0.2, -0.15) is 18.4 Å². The van der Waals surface area contributed by atoms with Crippen molar-refractivity contribution in [1.29, 1.82) is 5.26 Å². The lowest BCUT2D eigenvalue weighted by molar-refractivity contribution is -0.154. The van der Waals surface area contributed by atoms with Crippen LogP contribution in [-0.2, 0) is 0 Å². The quantitative estimate of drug-likeness (QED) is 0.847. The van der Waals surface area contributed by atoms with Gasteiger partial charge < -0.3 is 0 Å². The first kappa shape index (κ1) is 16.6. The minimum atomic E-state index is -4.17. The van der Waals surface area contributed by atoms with Crippen LogP contribution in [0.2, 0.25) is 0 Å². The van der Waals surface area contributed by atoms with Crippen molar-refractivity contribution in [2.75, 3.05) is 6.54 Å². The smallest absolute Gasteiger partial charge is 0.297 e. The summed E-state index contributed by atoms with van der Waals surface area (Å²) in [4.78, 5) is 1.60. The molecule has 2 aliphatic rings. The van der Waals surface area contributed by atoms with Crippen LogP contribution < -0.4 is 5.32 Å². The van der Waals surface area contributed by atoms with Gasteiger partial charge in [-0.05, 0) is 52.4 Å². The largest absolute Gasteiger partial charge is 0.401 e. The molecule has 0 radical (unpaired) electrons. The highest BCUT2D eigenvalue weighted by Gasteiger charge is 2.46. The van der Waals surface area contributed by atoms with Crippen LogP contribution in [-0.4, -0.2) is 41.3 Å². The average Bonchev–Trinajstić information content (AvgIpc) is 3.18. The summed E-state index contributed by atoms with van der Waals surface area (Å²) in [6.07, 6.45) is 0.320. The Morgan fingerprint density at radius 3 is 2.43 bits per heavy atom. The number of alkyl halides is 3. The lowest BCUT2D eigenvalue weighted by Gasteiger charge is -2.43. The number of nitrogens with one attached hydrogen (secondary N) is 1. The molecule has 0 aliphatic heterocycles. The van der Waals surface area contributed by atoms with Crippen molar-refractivity contribution in [2.45, 2.75) is 82.2 Å². The van der Waals surface area contributed by atoms with E-state index in [9.17, 15) is 18.4 Å². The van der Waals surface area contributed by atoms with Crippen LogP contribution >= 0.6 is 0 Å². The van der Waals surface area contributed by atoms with Gasteiger partial charge in [0.05, 0.1) is 12.6 Å². The zero-order valence-electron chi connectivity index (χ0n) is 12.7. The average molecular weight is 303 g/mol. The fourth-order valence-corrected chi connectivity index (χ4v) is 3.52. The van der Waals surface area contributed by atoms with Crippen LogP contribution in [0.5, 0.6) is 0 Å². The molecule has 6 heteroatoms. The summed E-state index contributed by atoms with van der Waals surface area (Å²) in [7, 11) is 0. The molecule has 2 rings (SSSR count). The highest BCUT2D eigenvalue weighted by Crippen LogP contribution is 2.38. The molecule has 2 saturated carbocycles. The Bertz CT molecular complexity index is 398. The normalized spacial score (nSPS) is 30.7. The van der Waals surface area contributed by atoms with Crippen LogP contribution in [0.25, 0.3) is 0 Å². The molecule has 0 saturated heterocycles. The van der Waals surface area contributed by atoms with E-state index in [0.717, 1.165) is 32.1 Å². The van der Waals surface area contributed by atoms with Crippen molar-refractivity contribution in [3.05, 3.63) is 0 Å². The van der Waals surface area contributed by atoms with E-state index in [1.807, 2.05) is 13.8 Å². The van der Waals surface area contributed by atoms with E-state index < -0.39 is 18.3 Å². The molecular weight excluding hydrogens is 279 g/mol. The summed E-state index contributed by atoms with van der Waals surface area (Å²) in [6.45, 7) is 3.10. The fourth-order valence-electron chi connectivity index (χ4n) is 3.52. The Balaban J connectivity index is 2.09. The molecule has 2 unspecified atom stereocenters. The van der Waals surface area contributed by atoms with Crippen molar-refractivity contribution in [1.82, 2.24) is 10.2 Å². The van der Waals surface area contributed by atoms with E-state index >= 15 is 0 Å². The van der Waals surface area contributed by atoms with Gasteiger partial charge in [-0.1, -0.05) is 0 Å². The first-order chi connectivity index (χ1) is 9.75. The Hall–Kier alpha value is -0.800. The molecule has 0 heterocycles. The molecule has 1 N–H and O–H groups in total. The minimum absolute atomic E-state index is 0.0603. The van der Waals surface area contributed by atoms with Crippen LogP contribution in [0.15, 0.2) is 0 Å². The molecule has 0 aromatic carbocycles. The van der Waals surface area contributed by atoms with Gasteiger partial charge in [-0.15, -0.1) is 0 Å². The van der Waals surface area contributed by atoms with Gasteiger partial charge >= 0.3 is 6.18 Å². The number of hydrogen-bond donors (Lipinski definition) is 1. The molecule has 21 heavy (non-hydrogen) atoms. The summed E-state index contributed by atoms with van der Waals surface area (Å²) in [5.41, 5.74) is -0.671. The van der Waals surface area contributed by atoms with E-state index in [0.29, 0.717) is 6.42 Å². The van der Waals surface area contributed by atoms with Crippen LogP contribution in [0.4, 0.5) is 13.2 Å². The van der Waals surface area contributed by atoms with Gasteiger partial charge in [0.1, 0.15) is 5.54 Å². The summed E-state index contributed by atoms with van der Waals surface area (Å²) in [5, 5.41) is 12.8. The van der Waals surface area contributed by atoms with Gasteiger partial charge in [0.25, 0.3) is 0 Å². The second kappa shape index (κ2) is 6.13. The van der Waals surface area contributed by atoms with Gasteiger partial charge in [0, 0.05) is 18.1 Å². The van der Waals surface area contributed by atoms with Gasteiger partial charge in [-0.3, -0.25) is 10.2 Å². The highest BCUT2D eigenvalue weighted by atomic mass is 19.4. The van der Waals surface area contributed by atoms with Crippen LogP contribution in [0.1, 0.15) is 52.4 Å². The number of hydrogen-bond acceptors (Lipinski definition) is 3. The Kier molecular flexibility index (Phi) is 4.84. The third-order valence-electron chi connectivity index (χ3n) is 4.35. The van der Waals surface area contributed by atoms with Gasteiger partial charge in [0.15, 0.2) is 0 Å². The lowest BCUT2D eigenvalue weighted by atomic mass is 9.78. The molecule has 0 spiro atoms. The zero-order valence-corrected chi connectivity index (χ0v) is 12.7. The molecule has 2 fully saturated rings. The molecule has 0 aromatic heterocycles. The molecule has 0 amide bonds. The molecular formula is C15H24F3N3. The maximum Gasteiger partial charge on any atom is 0.401 e. The standard InChI is InChI=1S/C15H24F3N3/c1-11(2)20-14(9-19)7-3-4-13(8-14)21(12-5-6-12)10-15(16,17)18/h11-13,20H,3-8,10H2,1-2H3. The Labute approximate surface area is 124 Å². The molecule has 0 aromatic rings. The Morgan fingerprint density at radius 2 is 1.95 bits per heavy atom. The molecule has 120 valence electrons. The van der Waals surface area contributed by atoms with Crippen molar-refractivity contribution in [3.63, 3.8) is 0 Å². The van der Waals surface area contributed by atoms with E-state index in [1.165, 1.54) is 0 Å². The van der Waals surface area contributed by atoms with Crippen molar-refractivity contribution < 1.29 is 13.2 Å². The fraction of sp³-hybridized carbons (Fsp3) is 0.933. The topological polar surface area (TPSA) is 39.1 Å². The second-order valence-electron chi connectivity index (χ2n) is 6.76. The van der Waals surface area contributed by atoms with E-state index in [2.05, 4.69) is 11.4 Å². The van der Waals surface area contributed by atoms with Crippen molar-refractivity contribution in [3.8, 4) is 6.07 Å². The molecule has 0 bridgehead atoms. The van der Waals surface area contributed by atoms with Crippen LogP contribution in [0, 0.1) is 11.3 Å². The van der Waals surface area contributed by atoms with Crippen molar-refractivity contribution in [2.24, 2.45) is 0 Å². The summed E-state index contributed by atoms with van der Waals surface area (Å²) >= 11 is 0. The zero-order chi connectivity index (χ0) is 15.7. The lowest BCUT2D eigenvalue weighted by Crippen LogP contribution is -2.56. The SMILES string of the molecule is CC(C)NC1(C#N)CCCC(N(CC(F)(F)F)C2CC2)C1. The monoisotopic (exact) mass is 303 g/mol. The summed E-state index contributed by atoms with van der Waals surface area (Å²) < 4.78 is 38.4. The number of rotatable bonds is 5. The highest BCUT2D eigenvalue weighted by molar-refractivity contribution is 5.12. The van der Waals surface area contributed by atoms with Crippen molar-refractivity contribution >= 4 is 0 Å². The summed E-state index contributed by atoms with van der Waals surface area (Å²) in [5.74, 6) is 0. The molecule has 3 nitrogen and oxygen atoms in total. The third kappa shape index (κ3) is 4.58. The van der Waals surface area contributed by atoms with Crippen LogP contribution in [0.3, 0.4) is 0 Å². The first-order valence-corrected chi connectivity index (χ1v) is 7.76. The predicted octanol–water partition coefficient (Wildman–Crippen LogP) is 3.22. The number of halogens is 3. The maximum atomic E-state index is 12.8.